The van der Waals surface area contributed by atoms with Crippen LogP contribution in [-0.4, -0.2) is 41.0 Å². The molecule has 6 rings (SSSR count). The second-order valence-electron chi connectivity index (χ2n) is 11.5. The summed E-state index contributed by atoms with van der Waals surface area (Å²) in [6, 6.07) is 19.4. The topological polar surface area (TPSA) is 35.5 Å². The number of nitrogens with one attached hydrogen (secondary N) is 1. The number of allylic oxidation sites excluding steroid dienone is 7. The van der Waals surface area contributed by atoms with E-state index in [1.165, 1.54) is 90.7 Å². The van der Waals surface area contributed by atoms with Crippen molar-refractivity contribution in [2.75, 3.05) is 24.4 Å². The van der Waals surface area contributed by atoms with Crippen molar-refractivity contribution < 1.29 is 5.11 Å². The first-order chi connectivity index (χ1) is 19.3. The molecule has 3 nitrogen and oxygen atoms in total. The molecular formula is C35H42N2OS. The molecule has 0 atom stereocenters. The van der Waals surface area contributed by atoms with Gasteiger partial charge in [-0.1, -0.05) is 66.8 Å². The standard InChI is InChI=1S/C35H42N2OS/c38-25-5-8-34(28-6-3-1-2-4-7-28)35(30-13-15-31(16-14-30)36-39-33-19-20-33)29-11-9-26(10-12-29)27-21-23-37(24-22-27)32-17-18-32/h1-4,6,9-16,27,32-33,36,38H,5,7-8,17-25H2/b35-34+. The summed E-state index contributed by atoms with van der Waals surface area (Å²) in [5.41, 5.74) is 9.16. The molecule has 1 heterocycles. The summed E-state index contributed by atoms with van der Waals surface area (Å²) < 4.78 is 3.54. The van der Waals surface area contributed by atoms with Gasteiger partial charge in [0, 0.05) is 23.6 Å². The Labute approximate surface area is 238 Å². The molecule has 4 aliphatic rings. The van der Waals surface area contributed by atoms with E-state index in [9.17, 15) is 5.11 Å². The van der Waals surface area contributed by atoms with Crippen LogP contribution < -0.4 is 4.72 Å². The average molecular weight is 539 g/mol. The highest BCUT2D eigenvalue weighted by atomic mass is 32.2. The van der Waals surface area contributed by atoms with Crippen LogP contribution in [0.3, 0.4) is 0 Å². The zero-order valence-corrected chi connectivity index (χ0v) is 23.8. The lowest BCUT2D eigenvalue weighted by molar-refractivity contribution is 0.203. The molecule has 2 N–H and O–H groups in total. The first kappa shape index (κ1) is 26.7. The Balaban J connectivity index is 1.31. The van der Waals surface area contributed by atoms with Crippen LogP contribution >= 0.6 is 11.9 Å². The van der Waals surface area contributed by atoms with Crippen molar-refractivity contribution >= 4 is 23.2 Å². The third-order valence-corrected chi connectivity index (χ3v) is 9.73. The molecule has 0 radical (unpaired) electrons. The van der Waals surface area contributed by atoms with Gasteiger partial charge in [0.2, 0.25) is 0 Å². The van der Waals surface area contributed by atoms with E-state index in [-0.39, 0.29) is 6.61 Å². The van der Waals surface area contributed by atoms with Gasteiger partial charge in [0.15, 0.2) is 0 Å². The van der Waals surface area contributed by atoms with Crippen molar-refractivity contribution in [3.05, 3.63) is 107 Å². The van der Waals surface area contributed by atoms with Crippen LogP contribution in [-0.2, 0) is 0 Å². The number of anilines is 1. The maximum Gasteiger partial charge on any atom is 0.0440 e. The molecule has 1 saturated heterocycles. The third-order valence-electron chi connectivity index (χ3n) is 8.57. The zero-order valence-electron chi connectivity index (χ0n) is 23.0. The highest BCUT2D eigenvalue weighted by molar-refractivity contribution is 8.01. The van der Waals surface area contributed by atoms with Crippen LogP contribution in [0.15, 0.2) is 90.1 Å². The zero-order chi connectivity index (χ0) is 26.4. The van der Waals surface area contributed by atoms with E-state index in [1.807, 2.05) is 11.9 Å². The maximum atomic E-state index is 9.79. The van der Waals surface area contributed by atoms with Crippen molar-refractivity contribution in [1.29, 1.82) is 0 Å². The first-order valence-corrected chi connectivity index (χ1v) is 15.9. The molecule has 3 fully saturated rings. The number of benzene rings is 2. The van der Waals surface area contributed by atoms with Gasteiger partial charge >= 0.3 is 0 Å². The Bertz CT molecular complexity index is 1220. The number of hydrogen-bond acceptors (Lipinski definition) is 4. The Morgan fingerprint density at radius 3 is 2.23 bits per heavy atom. The molecule has 0 unspecified atom stereocenters. The van der Waals surface area contributed by atoms with Gasteiger partial charge in [-0.05, 0) is 134 Å². The summed E-state index contributed by atoms with van der Waals surface area (Å²) in [6.07, 6.45) is 21.4. The Morgan fingerprint density at radius 1 is 0.846 bits per heavy atom. The van der Waals surface area contributed by atoms with Crippen LogP contribution in [0.5, 0.6) is 0 Å². The Morgan fingerprint density at radius 2 is 1.56 bits per heavy atom. The first-order valence-electron chi connectivity index (χ1n) is 15.0. The largest absolute Gasteiger partial charge is 0.396 e. The fourth-order valence-electron chi connectivity index (χ4n) is 6.02. The second kappa shape index (κ2) is 12.8. The third kappa shape index (κ3) is 6.98. The summed E-state index contributed by atoms with van der Waals surface area (Å²) in [4.78, 5) is 2.71. The Kier molecular flexibility index (Phi) is 8.73. The summed E-state index contributed by atoms with van der Waals surface area (Å²) >= 11 is 1.85. The van der Waals surface area contributed by atoms with Crippen molar-refractivity contribution in [2.24, 2.45) is 0 Å². The van der Waals surface area contributed by atoms with Gasteiger partial charge in [0.1, 0.15) is 0 Å². The van der Waals surface area contributed by atoms with E-state index < -0.39 is 0 Å². The van der Waals surface area contributed by atoms with Crippen molar-refractivity contribution in [3.8, 4) is 0 Å². The summed E-state index contributed by atoms with van der Waals surface area (Å²) in [5.74, 6) is 0.671. The van der Waals surface area contributed by atoms with E-state index in [1.54, 1.807) is 0 Å². The number of nitrogens with zero attached hydrogens (tertiary/aromatic N) is 1. The van der Waals surface area contributed by atoms with E-state index in [2.05, 4.69) is 88.5 Å². The molecule has 2 saturated carbocycles. The highest BCUT2D eigenvalue weighted by Gasteiger charge is 2.32. The van der Waals surface area contributed by atoms with Crippen LogP contribution in [0.4, 0.5) is 5.69 Å². The van der Waals surface area contributed by atoms with Gasteiger partial charge < -0.3 is 14.7 Å². The summed E-state index contributed by atoms with van der Waals surface area (Å²) in [7, 11) is 0. The van der Waals surface area contributed by atoms with Crippen molar-refractivity contribution in [2.45, 2.75) is 75.0 Å². The van der Waals surface area contributed by atoms with Crippen LogP contribution in [0.25, 0.3) is 5.57 Å². The van der Waals surface area contributed by atoms with Crippen molar-refractivity contribution in [3.63, 3.8) is 0 Å². The van der Waals surface area contributed by atoms with E-state index in [0.717, 1.165) is 30.6 Å². The minimum atomic E-state index is 0.204. The number of likely N-dealkylation sites (tertiary alicyclic amines) is 1. The van der Waals surface area contributed by atoms with E-state index in [4.69, 9.17) is 0 Å². The van der Waals surface area contributed by atoms with Crippen LogP contribution in [0.2, 0.25) is 0 Å². The second-order valence-corrected chi connectivity index (χ2v) is 12.7. The highest BCUT2D eigenvalue weighted by Crippen LogP contribution is 2.39. The molecule has 0 aromatic heterocycles. The summed E-state index contributed by atoms with van der Waals surface area (Å²) in [6.45, 7) is 2.71. The normalized spacial score (nSPS) is 20.9. The van der Waals surface area contributed by atoms with Gasteiger partial charge in [-0.15, -0.1) is 0 Å². The molecule has 4 heteroatoms. The van der Waals surface area contributed by atoms with Crippen LogP contribution in [0, 0.1) is 0 Å². The molecule has 1 aliphatic heterocycles. The molecule has 3 aliphatic carbocycles. The SMILES string of the molecule is OCCC/C(C1=CC=CC=CC1)=C(\c1ccc(NSC2CC2)cc1)c1ccc(C2CCN(C3CC3)CC2)cc1. The monoisotopic (exact) mass is 538 g/mol. The average Bonchev–Trinajstić information content (AvgIpc) is 3.88. The quantitative estimate of drug-likeness (QED) is 0.282. The molecule has 0 bridgehead atoms. The van der Waals surface area contributed by atoms with Crippen LogP contribution in [0.1, 0.15) is 80.4 Å². The smallest absolute Gasteiger partial charge is 0.0440 e. The minimum Gasteiger partial charge on any atom is -0.396 e. The molecule has 0 spiro atoms. The van der Waals surface area contributed by atoms with E-state index in [0.29, 0.717) is 5.92 Å². The molecule has 2 aromatic rings. The molecule has 204 valence electrons. The number of rotatable bonds is 11. The lowest BCUT2D eigenvalue weighted by atomic mass is 9.84. The van der Waals surface area contributed by atoms with Gasteiger partial charge in [-0.3, -0.25) is 0 Å². The lowest BCUT2D eigenvalue weighted by Gasteiger charge is -2.32. The number of piperidine rings is 1. The lowest BCUT2D eigenvalue weighted by Crippen LogP contribution is -2.34. The fraction of sp³-hybridized carbons (Fsp3) is 0.429. The van der Waals surface area contributed by atoms with E-state index >= 15 is 0 Å². The van der Waals surface area contributed by atoms with Crippen molar-refractivity contribution in [1.82, 2.24) is 4.90 Å². The molecule has 39 heavy (non-hydrogen) atoms. The predicted octanol–water partition coefficient (Wildman–Crippen LogP) is 8.27. The van der Waals surface area contributed by atoms with Gasteiger partial charge in [0.05, 0.1) is 0 Å². The minimum absolute atomic E-state index is 0.204. The summed E-state index contributed by atoms with van der Waals surface area (Å²) in [5, 5.41) is 10.6. The predicted molar refractivity (Wildman–Crippen MR) is 167 cm³/mol. The van der Waals surface area contributed by atoms with Gasteiger partial charge in [-0.25, -0.2) is 0 Å². The van der Waals surface area contributed by atoms with Gasteiger partial charge in [0.25, 0.3) is 0 Å². The molecule has 2 aromatic carbocycles. The fourth-order valence-corrected chi connectivity index (χ4v) is 6.83. The number of aliphatic hydroxyl groups excluding tert-OH is 1. The number of aliphatic hydroxyl groups is 1. The molecule has 0 amide bonds. The maximum absolute atomic E-state index is 9.79. The molecular weight excluding hydrogens is 496 g/mol. The Hall–Kier alpha value is -2.53. The van der Waals surface area contributed by atoms with Gasteiger partial charge in [-0.2, -0.15) is 0 Å². The number of hydrogen-bond donors (Lipinski definition) is 2.